The van der Waals surface area contributed by atoms with Crippen molar-refractivity contribution in [3.05, 3.63) is 54.1 Å². The Labute approximate surface area is 185 Å². The van der Waals surface area contributed by atoms with Crippen LogP contribution >= 0.6 is 11.8 Å². The smallest absolute Gasteiger partial charge is 0.325 e. The number of nitrogens with one attached hydrogen (secondary N) is 1. The molecule has 2 aliphatic rings. The van der Waals surface area contributed by atoms with Crippen LogP contribution in [0.2, 0.25) is 0 Å². The van der Waals surface area contributed by atoms with Crippen molar-refractivity contribution >= 4 is 35.3 Å². The quantitative estimate of drug-likeness (QED) is 0.739. The molecule has 7 nitrogen and oxygen atoms in total. The van der Waals surface area contributed by atoms with E-state index in [0.717, 1.165) is 21.9 Å². The summed E-state index contributed by atoms with van der Waals surface area (Å²) in [6.07, 6.45) is 0.828. The summed E-state index contributed by atoms with van der Waals surface area (Å²) in [5.74, 6) is -0.0606. The van der Waals surface area contributed by atoms with E-state index in [0.29, 0.717) is 23.1 Å². The maximum absolute atomic E-state index is 13.2. The van der Waals surface area contributed by atoms with E-state index in [1.807, 2.05) is 24.3 Å². The Hall–Kier alpha value is -3.00. The summed E-state index contributed by atoms with van der Waals surface area (Å²) in [5, 5.41) is 3.12. The highest BCUT2D eigenvalue weighted by atomic mass is 32.2. The van der Waals surface area contributed by atoms with Gasteiger partial charge in [-0.05, 0) is 43.2 Å². The number of amides is 4. The first-order chi connectivity index (χ1) is 14.8. The normalized spacial score (nSPS) is 23.3. The van der Waals surface area contributed by atoms with Crippen molar-refractivity contribution in [2.75, 3.05) is 25.1 Å². The molecular weight excluding hydrogens is 414 g/mol. The van der Waals surface area contributed by atoms with Gasteiger partial charge in [0, 0.05) is 16.7 Å². The summed E-state index contributed by atoms with van der Waals surface area (Å²) in [5.41, 5.74) is 0.226. The first kappa shape index (κ1) is 21.2. The minimum absolute atomic E-state index is 0.273. The largest absolute Gasteiger partial charge is 0.497 e. The molecule has 1 N–H and O–H groups in total. The highest BCUT2D eigenvalue weighted by Crippen LogP contribution is 2.37. The van der Waals surface area contributed by atoms with Crippen LogP contribution in [0.1, 0.15) is 25.8 Å². The maximum Gasteiger partial charge on any atom is 0.325 e. The van der Waals surface area contributed by atoms with Gasteiger partial charge in [0.1, 0.15) is 17.8 Å². The Kier molecular flexibility index (Phi) is 5.66. The molecule has 2 aromatic carbocycles. The lowest BCUT2D eigenvalue weighted by atomic mass is 9.92. The van der Waals surface area contributed by atoms with Gasteiger partial charge in [-0.2, -0.15) is 0 Å². The van der Waals surface area contributed by atoms with E-state index in [1.54, 1.807) is 55.0 Å². The molecule has 1 saturated heterocycles. The van der Waals surface area contributed by atoms with Crippen LogP contribution in [-0.2, 0) is 15.1 Å². The second kappa shape index (κ2) is 8.26. The molecule has 8 heteroatoms. The van der Waals surface area contributed by atoms with Gasteiger partial charge in [-0.1, -0.05) is 31.2 Å². The number of methoxy groups -OCH3 is 1. The molecule has 31 heavy (non-hydrogen) atoms. The van der Waals surface area contributed by atoms with E-state index in [2.05, 4.69) is 12.2 Å². The number of carbonyl (C=O) groups excluding carboxylic acids is 3. The van der Waals surface area contributed by atoms with Crippen molar-refractivity contribution in [3.8, 4) is 5.75 Å². The SMILES string of the molecule is COc1ccc([C@@]2(C)NC(=O)N(CC(=O)N3CC[C@@H](C)Sc4ccccc43)C2=O)cc1. The third-order valence-electron chi connectivity index (χ3n) is 5.78. The number of ether oxygens (including phenoxy) is 1. The molecule has 2 aliphatic heterocycles. The minimum Gasteiger partial charge on any atom is -0.497 e. The van der Waals surface area contributed by atoms with Crippen molar-refractivity contribution in [1.82, 2.24) is 10.2 Å². The van der Waals surface area contributed by atoms with Crippen LogP contribution in [0.4, 0.5) is 10.5 Å². The molecule has 0 spiro atoms. The summed E-state index contributed by atoms with van der Waals surface area (Å²) < 4.78 is 5.17. The average Bonchev–Trinajstić information content (AvgIpc) is 2.90. The third-order valence-corrected chi connectivity index (χ3v) is 7.02. The number of nitrogens with zero attached hydrogens (tertiary/aromatic N) is 2. The van der Waals surface area contributed by atoms with Gasteiger partial charge in [-0.3, -0.25) is 14.5 Å². The van der Waals surface area contributed by atoms with E-state index in [4.69, 9.17) is 4.74 Å². The number of carbonyl (C=O) groups is 3. The first-order valence-electron chi connectivity index (χ1n) is 10.2. The van der Waals surface area contributed by atoms with E-state index in [9.17, 15) is 14.4 Å². The van der Waals surface area contributed by atoms with Gasteiger partial charge in [0.15, 0.2) is 0 Å². The molecule has 0 saturated carbocycles. The molecule has 4 rings (SSSR count). The molecule has 2 atom stereocenters. The number of fused-ring (bicyclic) bond motifs is 1. The number of para-hydroxylation sites is 1. The highest BCUT2D eigenvalue weighted by Gasteiger charge is 2.49. The summed E-state index contributed by atoms with van der Waals surface area (Å²) in [7, 11) is 1.56. The fraction of sp³-hybridized carbons (Fsp3) is 0.348. The van der Waals surface area contributed by atoms with Crippen LogP contribution in [0.15, 0.2) is 53.4 Å². The van der Waals surface area contributed by atoms with Crippen molar-refractivity contribution in [1.29, 1.82) is 0 Å². The number of rotatable bonds is 4. The van der Waals surface area contributed by atoms with E-state index in [-0.39, 0.29) is 12.5 Å². The van der Waals surface area contributed by atoms with Crippen molar-refractivity contribution in [3.63, 3.8) is 0 Å². The lowest BCUT2D eigenvalue weighted by Gasteiger charge is -2.25. The molecule has 0 aromatic heterocycles. The number of urea groups is 1. The van der Waals surface area contributed by atoms with Crippen LogP contribution in [0.25, 0.3) is 0 Å². The number of anilines is 1. The molecule has 4 amide bonds. The second-order valence-electron chi connectivity index (χ2n) is 7.91. The molecule has 0 aliphatic carbocycles. The van der Waals surface area contributed by atoms with E-state index >= 15 is 0 Å². The number of hydrogen-bond acceptors (Lipinski definition) is 5. The Bertz CT molecular complexity index is 1030. The maximum atomic E-state index is 13.2. The lowest BCUT2D eigenvalue weighted by Crippen LogP contribution is -2.45. The zero-order chi connectivity index (χ0) is 22.2. The van der Waals surface area contributed by atoms with Crippen LogP contribution < -0.4 is 15.0 Å². The van der Waals surface area contributed by atoms with E-state index < -0.39 is 17.5 Å². The molecule has 2 aromatic rings. The molecular formula is C23H25N3O4S. The van der Waals surface area contributed by atoms with E-state index in [1.165, 1.54) is 0 Å². The third kappa shape index (κ3) is 3.87. The average molecular weight is 440 g/mol. The van der Waals surface area contributed by atoms with Gasteiger partial charge in [0.2, 0.25) is 5.91 Å². The number of benzene rings is 2. The topological polar surface area (TPSA) is 79.0 Å². The second-order valence-corrected chi connectivity index (χ2v) is 9.39. The lowest BCUT2D eigenvalue weighted by molar-refractivity contribution is -0.134. The Morgan fingerprint density at radius 3 is 2.61 bits per heavy atom. The van der Waals surface area contributed by atoms with Crippen LogP contribution in [-0.4, -0.2) is 48.2 Å². The fourth-order valence-corrected chi connectivity index (χ4v) is 5.04. The number of thioether (sulfide) groups is 1. The Morgan fingerprint density at radius 2 is 1.90 bits per heavy atom. The monoisotopic (exact) mass is 439 g/mol. The zero-order valence-electron chi connectivity index (χ0n) is 17.8. The zero-order valence-corrected chi connectivity index (χ0v) is 18.6. The molecule has 2 heterocycles. The predicted molar refractivity (Wildman–Crippen MR) is 119 cm³/mol. The summed E-state index contributed by atoms with van der Waals surface area (Å²) in [4.78, 5) is 42.8. The van der Waals surface area contributed by atoms with Crippen LogP contribution in [0, 0.1) is 0 Å². The summed E-state index contributed by atoms with van der Waals surface area (Å²) in [6.45, 7) is 4.03. The highest BCUT2D eigenvalue weighted by molar-refractivity contribution is 8.00. The van der Waals surface area contributed by atoms with Crippen molar-refractivity contribution < 1.29 is 19.1 Å². The fourth-order valence-electron chi connectivity index (χ4n) is 3.93. The molecule has 162 valence electrons. The minimum atomic E-state index is -1.23. The standard InChI is InChI=1S/C23H25N3O4S/c1-15-12-13-25(18-6-4-5-7-19(18)31-15)20(27)14-26-21(28)23(2,24-22(26)29)16-8-10-17(30-3)11-9-16/h4-11,15H,12-14H2,1-3H3,(H,24,29)/t15-,23-/m1/s1. The van der Waals surface area contributed by atoms with Gasteiger partial charge < -0.3 is 15.0 Å². The van der Waals surface area contributed by atoms with Gasteiger partial charge in [-0.15, -0.1) is 11.8 Å². The summed E-state index contributed by atoms with van der Waals surface area (Å²) >= 11 is 1.73. The van der Waals surface area contributed by atoms with Gasteiger partial charge >= 0.3 is 6.03 Å². The van der Waals surface area contributed by atoms with Gasteiger partial charge in [-0.25, -0.2) is 4.79 Å². The molecule has 0 bridgehead atoms. The number of imide groups is 1. The van der Waals surface area contributed by atoms with Gasteiger partial charge in [0.25, 0.3) is 5.91 Å². The van der Waals surface area contributed by atoms with Gasteiger partial charge in [0.05, 0.1) is 12.8 Å². The molecule has 0 radical (unpaired) electrons. The molecule has 1 fully saturated rings. The first-order valence-corrected chi connectivity index (χ1v) is 11.1. The Balaban J connectivity index is 1.56. The van der Waals surface area contributed by atoms with Crippen LogP contribution in [0.5, 0.6) is 5.75 Å². The number of hydrogen-bond donors (Lipinski definition) is 1. The summed E-state index contributed by atoms with van der Waals surface area (Å²) in [6, 6.07) is 14.1. The van der Waals surface area contributed by atoms with Crippen molar-refractivity contribution in [2.45, 2.75) is 36.0 Å². The van der Waals surface area contributed by atoms with Crippen LogP contribution in [0.3, 0.4) is 0 Å². The Morgan fingerprint density at radius 1 is 1.19 bits per heavy atom. The molecule has 0 unspecified atom stereocenters. The van der Waals surface area contributed by atoms with Crippen molar-refractivity contribution in [2.24, 2.45) is 0 Å². The predicted octanol–water partition coefficient (Wildman–Crippen LogP) is 3.38.